The summed E-state index contributed by atoms with van der Waals surface area (Å²) in [6.07, 6.45) is 0. The zero-order chi connectivity index (χ0) is 14.8. The van der Waals surface area contributed by atoms with Crippen molar-refractivity contribution in [1.82, 2.24) is 10.1 Å². The van der Waals surface area contributed by atoms with E-state index in [2.05, 4.69) is 10.1 Å². The number of benzene rings is 2. The van der Waals surface area contributed by atoms with Crippen LogP contribution in [0.3, 0.4) is 0 Å². The first-order valence-electron chi connectivity index (χ1n) is 6.56. The molecular weight excluding hydrogens is 269 g/mol. The van der Waals surface area contributed by atoms with Crippen molar-refractivity contribution in [3.8, 4) is 11.4 Å². The molecule has 5 heteroatoms. The Bertz CT molecular complexity index is 755. The molecule has 0 spiro atoms. The summed E-state index contributed by atoms with van der Waals surface area (Å²) in [4.78, 5) is 4.26. The first kappa shape index (κ1) is 13.5. The maximum Gasteiger partial charge on any atom is 0.248 e. The average molecular weight is 283 g/mol. The molecule has 1 aromatic heterocycles. The number of rotatable bonds is 3. The molecule has 3 aromatic rings. The lowest BCUT2D eigenvalue weighted by molar-refractivity contribution is 0.367. The van der Waals surface area contributed by atoms with Crippen molar-refractivity contribution >= 4 is 0 Å². The van der Waals surface area contributed by atoms with Crippen molar-refractivity contribution in [3.63, 3.8) is 0 Å². The summed E-state index contributed by atoms with van der Waals surface area (Å²) in [6.45, 7) is 1.70. The molecular formula is C16H14FN3O. The van der Waals surface area contributed by atoms with Crippen LogP contribution in [0.5, 0.6) is 0 Å². The lowest BCUT2D eigenvalue weighted by Crippen LogP contribution is -2.11. The highest BCUT2D eigenvalue weighted by atomic mass is 19.1. The van der Waals surface area contributed by atoms with Crippen molar-refractivity contribution < 1.29 is 8.91 Å². The van der Waals surface area contributed by atoms with E-state index < -0.39 is 6.04 Å². The van der Waals surface area contributed by atoms with Gasteiger partial charge < -0.3 is 10.3 Å². The molecule has 0 amide bonds. The number of halogens is 1. The molecule has 0 aliphatic heterocycles. The van der Waals surface area contributed by atoms with Gasteiger partial charge in [0.05, 0.1) is 0 Å². The van der Waals surface area contributed by atoms with Crippen LogP contribution < -0.4 is 5.73 Å². The average Bonchev–Trinajstić information content (AvgIpc) is 3.00. The molecule has 106 valence electrons. The van der Waals surface area contributed by atoms with Crippen molar-refractivity contribution in [1.29, 1.82) is 0 Å². The second-order valence-corrected chi connectivity index (χ2v) is 4.81. The fourth-order valence-electron chi connectivity index (χ4n) is 2.01. The number of aromatic nitrogens is 2. The molecule has 0 saturated carbocycles. The zero-order valence-electron chi connectivity index (χ0n) is 11.5. The van der Waals surface area contributed by atoms with Gasteiger partial charge in [-0.3, -0.25) is 0 Å². The van der Waals surface area contributed by atoms with Gasteiger partial charge in [0, 0.05) is 5.56 Å². The van der Waals surface area contributed by atoms with E-state index in [0.717, 1.165) is 5.56 Å². The standard InChI is InChI=1S/C16H14FN3O/c1-10-7-8-12(9-13(10)17)15-19-16(21-20-15)14(18)11-5-3-2-4-6-11/h2-9,14H,18H2,1H3/t14-/m0/s1. The largest absolute Gasteiger partial charge is 0.337 e. The van der Waals surface area contributed by atoms with Crippen LogP contribution in [0, 0.1) is 12.7 Å². The third-order valence-corrected chi connectivity index (χ3v) is 3.30. The van der Waals surface area contributed by atoms with Crippen LogP contribution >= 0.6 is 0 Å². The summed E-state index contributed by atoms with van der Waals surface area (Å²) in [6, 6.07) is 13.8. The molecule has 21 heavy (non-hydrogen) atoms. The summed E-state index contributed by atoms with van der Waals surface area (Å²) in [7, 11) is 0. The van der Waals surface area contributed by atoms with Crippen molar-refractivity contribution in [3.05, 3.63) is 71.4 Å². The van der Waals surface area contributed by atoms with Gasteiger partial charge >= 0.3 is 0 Å². The molecule has 0 saturated heterocycles. The Morgan fingerprint density at radius 2 is 1.90 bits per heavy atom. The molecule has 1 heterocycles. The van der Waals surface area contributed by atoms with Gasteiger partial charge in [-0.15, -0.1) is 0 Å². The van der Waals surface area contributed by atoms with E-state index in [0.29, 0.717) is 22.8 Å². The predicted molar refractivity (Wildman–Crippen MR) is 76.9 cm³/mol. The Labute approximate surface area is 121 Å². The summed E-state index contributed by atoms with van der Waals surface area (Å²) >= 11 is 0. The minimum atomic E-state index is -0.497. The Balaban J connectivity index is 1.91. The maximum atomic E-state index is 13.6. The monoisotopic (exact) mass is 283 g/mol. The van der Waals surface area contributed by atoms with Gasteiger partial charge in [0.2, 0.25) is 11.7 Å². The second-order valence-electron chi connectivity index (χ2n) is 4.81. The Morgan fingerprint density at radius 1 is 1.14 bits per heavy atom. The van der Waals surface area contributed by atoms with Crippen molar-refractivity contribution in [2.24, 2.45) is 5.73 Å². The third-order valence-electron chi connectivity index (χ3n) is 3.30. The molecule has 4 nitrogen and oxygen atoms in total. The lowest BCUT2D eigenvalue weighted by atomic mass is 10.1. The van der Waals surface area contributed by atoms with Crippen LogP contribution in [-0.2, 0) is 0 Å². The molecule has 0 fully saturated rings. The minimum Gasteiger partial charge on any atom is -0.337 e. The lowest BCUT2D eigenvalue weighted by Gasteiger charge is -2.05. The van der Waals surface area contributed by atoms with Crippen LogP contribution in [0.25, 0.3) is 11.4 Å². The summed E-state index contributed by atoms with van der Waals surface area (Å²) in [5, 5.41) is 3.87. The first-order chi connectivity index (χ1) is 10.1. The maximum absolute atomic E-state index is 13.6. The van der Waals surface area contributed by atoms with E-state index in [-0.39, 0.29) is 5.82 Å². The van der Waals surface area contributed by atoms with Gasteiger partial charge in [-0.2, -0.15) is 4.98 Å². The van der Waals surface area contributed by atoms with Crippen LogP contribution in [0.1, 0.15) is 23.1 Å². The molecule has 0 aliphatic rings. The van der Waals surface area contributed by atoms with E-state index >= 15 is 0 Å². The van der Waals surface area contributed by atoms with E-state index in [1.807, 2.05) is 30.3 Å². The van der Waals surface area contributed by atoms with Crippen LogP contribution in [0.15, 0.2) is 53.1 Å². The minimum absolute atomic E-state index is 0.300. The van der Waals surface area contributed by atoms with Crippen LogP contribution in [0.2, 0.25) is 0 Å². The second kappa shape index (κ2) is 5.46. The van der Waals surface area contributed by atoms with Gasteiger partial charge in [0.1, 0.15) is 11.9 Å². The molecule has 0 bridgehead atoms. The quantitative estimate of drug-likeness (QED) is 0.801. The molecule has 3 rings (SSSR count). The normalized spacial score (nSPS) is 12.3. The van der Waals surface area contributed by atoms with Gasteiger partial charge in [0.15, 0.2) is 0 Å². The molecule has 0 unspecified atom stereocenters. The van der Waals surface area contributed by atoms with Gasteiger partial charge in [-0.05, 0) is 24.1 Å². The number of nitrogens with two attached hydrogens (primary N) is 1. The Hall–Kier alpha value is -2.53. The van der Waals surface area contributed by atoms with Crippen molar-refractivity contribution in [2.75, 3.05) is 0 Å². The highest BCUT2D eigenvalue weighted by Crippen LogP contribution is 2.23. The molecule has 2 aromatic carbocycles. The fraction of sp³-hybridized carbons (Fsp3) is 0.125. The zero-order valence-corrected chi connectivity index (χ0v) is 11.5. The van der Waals surface area contributed by atoms with Gasteiger partial charge in [-0.1, -0.05) is 47.6 Å². The van der Waals surface area contributed by atoms with Crippen LogP contribution in [0.4, 0.5) is 4.39 Å². The summed E-state index contributed by atoms with van der Waals surface area (Å²) in [5.74, 6) is 0.332. The van der Waals surface area contributed by atoms with E-state index in [1.54, 1.807) is 19.1 Å². The van der Waals surface area contributed by atoms with Crippen molar-refractivity contribution in [2.45, 2.75) is 13.0 Å². The van der Waals surface area contributed by atoms with Crippen LogP contribution in [-0.4, -0.2) is 10.1 Å². The first-order valence-corrected chi connectivity index (χ1v) is 6.56. The molecule has 2 N–H and O–H groups in total. The highest BCUT2D eigenvalue weighted by molar-refractivity contribution is 5.55. The Kier molecular flexibility index (Phi) is 3.50. The van der Waals surface area contributed by atoms with Gasteiger partial charge in [0.25, 0.3) is 0 Å². The predicted octanol–water partition coefficient (Wildman–Crippen LogP) is 3.23. The number of hydrogen-bond acceptors (Lipinski definition) is 4. The van der Waals surface area contributed by atoms with E-state index in [4.69, 9.17) is 10.3 Å². The topological polar surface area (TPSA) is 64.9 Å². The SMILES string of the molecule is Cc1ccc(-c2noc([C@@H](N)c3ccccc3)n2)cc1F. The van der Waals surface area contributed by atoms with E-state index in [1.165, 1.54) is 6.07 Å². The molecule has 1 atom stereocenters. The number of nitrogens with zero attached hydrogens (tertiary/aromatic N) is 2. The molecule has 0 radical (unpaired) electrons. The molecule has 0 aliphatic carbocycles. The number of aryl methyl sites for hydroxylation is 1. The van der Waals surface area contributed by atoms with E-state index in [9.17, 15) is 4.39 Å². The summed E-state index contributed by atoms with van der Waals surface area (Å²) < 4.78 is 18.8. The smallest absolute Gasteiger partial charge is 0.248 e. The number of hydrogen-bond donors (Lipinski definition) is 1. The highest BCUT2D eigenvalue weighted by Gasteiger charge is 2.17. The summed E-state index contributed by atoms with van der Waals surface area (Å²) in [5.41, 5.74) is 8.10. The third kappa shape index (κ3) is 2.68. The fourth-order valence-corrected chi connectivity index (χ4v) is 2.01. The Morgan fingerprint density at radius 3 is 2.62 bits per heavy atom. The van der Waals surface area contributed by atoms with Gasteiger partial charge in [-0.25, -0.2) is 4.39 Å².